The molecule has 0 aliphatic carbocycles. The van der Waals surface area contributed by atoms with Gasteiger partial charge in [-0.1, -0.05) is 46.3 Å². The Bertz CT molecular complexity index is 1480. The first-order valence-electron chi connectivity index (χ1n) is 9.51. The van der Waals surface area contributed by atoms with E-state index in [1.807, 2.05) is 0 Å². The number of methoxy groups -OCH3 is 2. The molecule has 0 amide bonds. The van der Waals surface area contributed by atoms with Gasteiger partial charge >= 0.3 is 11.9 Å². The van der Waals surface area contributed by atoms with Crippen LogP contribution in [0.25, 0.3) is 16.3 Å². The predicted octanol–water partition coefficient (Wildman–Crippen LogP) is 4.57. The number of pyridine rings is 1. The Morgan fingerprint density at radius 2 is 1.58 bits per heavy atom. The number of esters is 2. The molecule has 2 aromatic carbocycles. The van der Waals surface area contributed by atoms with Crippen LogP contribution in [0, 0.1) is 10.1 Å². The van der Waals surface area contributed by atoms with Crippen LogP contribution in [0.3, 0.4) is 0 Å². The summed E-state index contributed by atoms with van der Waals surface area (Å²) in [4.78, 5) is 50.6. The summed E-state index contributed by atoms with van der Waals surface area (Å²) in [6, 6.07) is 12.5. The van der Waals surface area contributed by atoms with E-state index in [2.05, 4.69) is 15.9 Å². The first-order valence-corrected chi connectivity index (χ1v) is 10.3. The lowest BCUT2D eigenvalue weighted by atomic mass is 10.0. The minimum absolute atomic E-state index is 0.00738. The van der Waals surface area contributed by atoms with Crippen molar-refractivity contribution in [2.45, 2.75) is 0 Å². The highest BCUT2D eigenvalue weighted by molar-refractivity contribution is 9.10. The summed E-state index contributed by atoms with van der Waals surface area (Å²) in [6.07, 6.45) is 1.47. The van der Waals surface area contributed by atoms with Gasteiger partial charge in [-0.2, -0.15) is 0 Å². The summed E-state index contributed by atoms with van der Waals surface area (Å²) in [7, 11) is 2.22. The molecule has 4 aromatic rings. The van der Waals surface area contributed by atoms with Gasteiger partial charge in [0.05, 0.1) is 30.0 Å². The molecular formula is C23H15BrN2O7. The maximum absolute atomic E-state index is 13.5. The van der Waals surface area contributed by atoms with Crippen LogP contribution in [0.4, 0.5) is 5.69 Å². The van der Waals surface area contributed by atoms with Gasteiger partial charge < -0.3 is 13.9 Å². The molecule has 4 rings (SSSR count). The van der Waals surface area contributed by atoms with Crippen molar-refractivity contribution in [2.24, 2.45) is 0 Å². The van der Waals surface area contributed by atoms with Crippen LogP contribution in [0.5, 0.6) is 0 Å². The second kappa shape index (κ2) is 8.47. The Kier molecular flexibility index (Phi) is 5.69. The summed E-state index contributed by atoms with van der Waals surface area (Å²) < 4.78 is 11.6. The number of nitrogens with zero attached hydrogens (tertiary/aromatic N) is 2. The molecule has 0 saturated carbocycles. The molecule has 0 N–H and O–H groups in total. The van der Waals surface area contributed by atoms with Crippen molar-refractivity contribution in [1.29, 1.82) is 0 Å². The van der Waals surface area contributed by atoms with Crippen LogP contribution in [-0.4, -0.2) is 41.3 Å². The smallest absolute Gasteiger partial charge is 0.341 e. The van der Waals surface area contributed by atoms with Crippen molar-refractivity contribution >= 4 is 55.6 Å². The monoisotopic (exact) mass is 510 g/mol. The van der Waals surface area contributed by atoms with Crippen LogP contribution in [0.15, 0.2) is 59.2 Å². The number of nitro groups is 1. The van der Waals surface area contributed by atoms with Crippen LogP contribution >= 0.6 is 15.9 Å². The van der Waals surface area contributed by atoms with E-state index in [0.29, 0.717) is 9.86 Å². The van der Waals surface area contributed by atoms with Gasteiger partial charge in [-0.25, -0.2) is 9.59 Å². The quantitative estimate of drug-likeness (QED) is 0.167. The number of benzene rings is 2. The van der Waals surface area contributed by atoms with Gasteiger partial charge in [-0.05, 0) is 12.1 Å². The summed E-state index contributed by atoms with van der Waals surface area (Å²) in [5.41, 5.74) is -0.860. The van der Waals surface area contributed by atoms with Crippen LogP contribution < -0.4 is 0 Å². The summed E-state index contributed by atoms with van der Waals surface area (Å²) in [5.74, 6) is -2.47. The fraction of sp³-hybridized carbons (Fsp3) is 0.0870. The number of hydrogen-bond donors (Lipinski definition) is 0. The number of halogens is 1. The first-order chi connectivity index (χ1) is 15.8. The fourth-order valence-electron chi connectivity index (χ4n) is 3.83. The third kappa shape index (κ3) is 3.44. The number of nitro benzene ring substituents is 1. The molecule has 9 nitrogen and oxygen atoms in total. The van der Waals surface area contributed by atoms with Crippen molar-refractivity contribution < 1.29 is 28.8 Å². The van der Waals surface area contributed by atoms with E-state index < -0.39 is 22.6 Å². The molecule has 0 unspecified atom stereocenters. The van der Waals surface area contributed by atoms with Gasteiger partial charge in [0, 0.05) is 27.7 Å². The second-order valence-electron chi connectivity index (χ2n) is 6.92. The Hall–Kier alpha value is -4.05. The number of aromatic nitrogens is 1. The number of rotatable bonds is 5. The van der Waals surface area contributed by atoms with Crippen molar-refractivity contribution in [3.05, 3.63) is 91.7 Å². The number of fused-ring (bicyclic) bond motifs is 3. The molecule has 0 spiro atoms. The maximum atomic E-state index is 13.5. The van der Waals surface area contributed by atoms with E-state index in [0.717, 1.165) is 14.2 Å². The van der Waals surface area contributed by atoms with Gasteiger partial charge in [0.25, 0.3) is 5.69 Å². The number of ether oxygens (including phenoxy) is 2. The summed E-state index contributed by atoms with van der Waals surface area (Å²) in [6.45, 7) is 0. The Labute approximate surface area is 194 Å². The molecule has 10 heteroatoms. The number of ketones is 1. The van der Waals surface area contributed by atoms with Crippen molar-refractivity contribution in [1.82, 2.24) is 4.40 Å². The standard InChI is InChI=1S/C23H15BrN2O7/c1-32-22(28)17-18(23(29)33-2)20(21(27)12-6-4-3-5-7-12)25-11-10-13-14(24)8-9-15(26(30)31)16(13)19(17)25/h3-11H,1-2H3. The molecule has 0 aliphatic rings. The van der Waals surface area contributed by atoms with Gasteiger partial charge in [-0.15, -0.1) is 0 Å². The predicted molar refractivity (Wildman–Crippen MR) is 122 cm³/mol. The molecule has 2 heterocycles. The topological polar surface area (TPSA) is 117 Å². The van der Waals surface area contributed by atoms with E-state index >= 15 is 0 Å². The van der Waals surface area contributed by atoms with E-state index in [-0.39, 0.29) is 39.0 Å². The number of non-ortho nitro benzene ring substituents is 1. The van der Waals surface area contributed by atoms with Crippen molar-refractivity contribution in [3.8, 4) is 0 Å². The zero-order valence-electron chi connectivity index (χ0n) is 17.3. The normalized spacial score (nSPS) is 10.9. The lowest BCUT2D eigenvalue weighted by molar-refractivity contribution is -0.383. The highest BCUT2D eigenvalue weighted by Crippen LogP contribution is 2.39. The van der Waals surface area contributed by atoms with Gasteiger partial charge in [-0.3, -0.25) is 14.9 Å². The lowest BCUT2D eigenvalue weighted by Crippen LogP contribution is -2.15. The van der Waals surface area contributed by atoms with E-state index in [1.54, 1.807) is 36.4 Å². The van der Waals surface area contributed by atoms with E-state index in [9.17, 15) is 24.5 Å². The number of carbonyl (C=O) groups excluding carboxylic acids is 3. The number of carbonyl (C=O) groups is 3. The first kappa shape index (κ1) is 22.2. The largest absolute Gasteiger partial charge is 0.465 e. The minimum Gasteiger partial charge on any atom is -0.465 e. The summed E-state index contributed by atoms with van der Waals surface area (Å²) >= 11 is 3.37. The SMILES string of the molecule is COC(=O)c1c(C(=O)OC)c2c3c([N+](=O)[O-])ccc(Br)c3ccn2c1C(=O)c1ccccc1. The minimum atomic E-state index is -0.954. The van der Waals surface area contributed by atoms with E-state index in [4.69, 9.17) is 9.47 Å². The average molecular weight is 511 g/mol. The van der Waals surface area contributed by atoms with Crippen LogP contribution in [0.2, 0.25) is 0 Å². The Morgan fingerprint density at radius 3 is 2.18 bits per heavy atom. The van der Waals surface area contributed by atoms with Crippen LogP contribution in [-0.2, 0) is 9.47 Å². The molecule has 0 saturated heterocycles. The highest BCUT2D eigenvalue weighted by atomic mass is 79.9. The lowest BCUT2D eigenvalue weighted by Gasteiger charge is -2.08. The number of hydrogen-bond acceptors (Lipinski definition) is 7. The third-order valence-corrected chi connectivity index (χ3v) is 5.92. The molecule has 0 aliphatic heterocycles. The maximum Gasteiger partial charge on any atom is 0.341 e. The van der Waals surface area contributed by atoms with Crippen molar-refractivity contribution in [3.63, 3.8) is 0 Å². The summed E-state index contributed by atoms with van der Waals surface area (Å²) in [5, 5.41) is 12.3. The van der Waals surface area contributed by atoms with Gasteiger partial charge in [0.2, 0.25) is 5.78 Å². The molecule has 0 fully saturated rings. The van der Waals surface area contributed by atoms with E-state index in [1.165, 1.54) is 22.7 Å². The third-order valence-electron chi connectivity index (χ3n) is 5.23. The molecule has 0 atom stereocenters. The Morgan fingerprint density at radius 1 is 0.939 bits per heavy atom. The molecule has 33 heavy (non-hydrogen) atoms. The molecule has 166 valence electrons. The van der Waals surface area contributed by atoms with Gasteiger partial charge in [0.1, 0.15) is 16.8 Å². The van der Waals surface area contributed by atoms with Gasteiger partial charge in [0.15, 0.2) is 0 Å². The molecular weight excluding hydrogens is 496 g/mol. The molecule has 0 bridgehead atoms. The second-order valence-corrected chi connectivity index (χ2v) is 7.78. The average Bonchev–Trinajstić information content (AvgIpc) is 3.18. The zero-order valence-corrected chi connectivity index (χ0v) is 18.9. The molecule has 0 radical (unpaired) electrons. The molecule has 2 aromatic heterocycles. The van der Waals surface area contributed by atoms with Crippen molar-refractivity contribution in [2.75, 3.05) is 14.2 Å². The highest BCUT2D eigenvalue weighted by Gasteiger charge is 2.35. The Balaban J connectivity index is 2.30. The van der Waals surface area contributed by atoms with Crippen LogP contribution in [0.1, 0.15) is 36.8 Å². The fourth-order valence-corrected chi connectivity index (χ4v) is 4.29. The zero-order chi connectivity index (χ0) is 23.9.